The maximum Gasteiger partial charge on any atom is 0.364 e. The third-order valence-electron chi connectivity index (χ3n) is 6.80. The van der Waals surface area contributed by atoms with Gasteiger partial charge in [-0.05, 0) is 42.0 Å². The predicted octanol–water partition coefficient (Wildman–Crippen LogP) is 4.83. The number of fused-ring (bicyclic) bond motifs is 4. The van der Waals surface area contributed by atoms with E-state index in [1.54, 1.807) is 30.2 Å². The number of thioether (sulfide) groups is 1. The summed E-state index contributed by atoms with van der Waals surface area (Å²) in [5.74, 6) is 1.39. The Balaban J connectivity index is 1.36. The zero-order chi connectivity index (χ0) is 24.6. The second kappa shape index (κ2) is 9.61. The van der Waals surface area contributed by atoms with Crippen molar-refractivity contribution < 1.29 is 19.6 Å². The molecule has 0 unspecified atom stereocenters. The van der Waals surface area contributed by atoms with Gasteiger partial charge in [0.05, 0.1) is 30.1 Å². The van der Waals surface area contributed by atoms with Crippen molar-refractivity contribution in [3.05, 3.63) is 89.1 Å². The minimum atomic E-state index is -0.297. The van der Waals surface area contributed by atoms with Crippen LogP contribution in [-0.4, -0.2) is 36.2 Å². The molecule has 0 spiro atoms. The maximum atomic E-state index is 12.6. The van der Waals surface area contributed by atoms with Crippen LogP contribution in [0.2, 0.25) is 0 Å². The molecular formula is C28H26N3O3S2+. The maximum absolute atomic E-state index is 12.6. The number of H-pyrrole nitrogens is 1. The molecule has 36 heavy (non-hydrogen) atoms. The first kappa shape index (κ1) is 23.1. The molecule has 2 aromatic heterocycles. The Hall–Kier alpha value is -3.33. The van der Waals surface area contributed by atoms with Gasteiger partial charge in [0.1, 0.15) is 5.75 Å². The number of aromatic nitrogens is 2. The molecule has 0 saturated heterocycles. The zero-order valence-electron chi connectivity index (χ0n) is 20.0. The molecular weight excluding hydrogens is 490 g/mol. The number of thiazole rings is 1. The second-order valence-corrected chi connectivity index (χ2v) is 11.1. The van der Waals surface area contributed by atoms with Crippen LogP contribution >= 0.6 is 23.1 Å². The summed E-state index contributed by atoms with van der Waals surface area (Å²) in [4.78, 5) is 21.0. The van der Waals surface area contributed by atoms with Gasteiger partial charge in [0.25, 0.3) is 0 Å². The first-order chi connectivity index (χ1) is 17.6. The molecule has 8 heteroatoms. The van der Waals surface area contributed by atoms with E-state index in [-0.39, 0.29) is 18.1 Å². The summed E-state index contributed by atoms with van der Waals surface area (Å²) in [5.41, 5.74) is 6.68. The Labute approximate surface area is 217 Å². The van der Waals surface area contributed by atoms with E-state index in [9.17, 15) is 4.79 Å². The van der Waals surface area contributed by atoms with Gasteiger partial charge in [-0.2, -0.15) is 0 Å². The van der Waals surface area contributed by atoms with E-state index in [2.05, 4.69) is 40.6 Å². The van der Waals surface area contributed by atoms with Crippen molar-refractivity contribution in [2.45, 2.75) is 28.6 Å². The Kier molecular flexibility index (Phi) is 6.17. The first-order valence-corrected chi connectivity index (χ1v) is 13.6. The Morgan fingerprint density at radius 2 is 1.97 bits per heavy atom. The molecule has 0 saturated carbocycles. The van der Waals surface area contributed by atoms with Gasteiger partial charge in [-0.25, -0.2) is 9.78 Å². The normalized spacial score (nSPS) is 17.3. The lowest BCUT2D eigenvalue weighted by atomic mass is 9.89. The van der Waals surface area contributed by atoms with E-state index >= 15 is 0 Å². The van der Waals surface area contributed by atoms with E-state index in [4.69, 9.17) is 14.5 Å². The molecule has 1 aliphatic rings. The van der Waals surface area contributed by atoms with Gasteiger partial charge < -0.3 is 19.8 Å². The number of nitrogens with one attached hydrogen (secondary N) is 1. The predicted molar refractivity (Wildman–Crippen MR) is 144 cm³/mol. The number of nitrogens with zero attached hydrogens (tertiary/aromatic N) is 1. The van der Waals surface area contributed by atoms with Crippen LogP contribution in [0.5, 0.6) is 5.75 Å². The summed E-state index contributed by atoms with van der Waals surface area (Å²) in [5, 5.41) is 3.29. The Morgan fingerprint density at radius 3 is 2.81 bits per heavy atom. The standard InChI is InChI=1S/C28H25N3O3S2/c1-33-23-12-11-16(13-17(23)15-35-28-31-21-9-5-6-10-24(21)36-28)25-26-19(14-22(30-25)27(32)34-2)18-7-3-4-8-20(18)29-26/h3-13,22,25,29-30H,14-15H2,1-2H3/p+1/t22-,25+/m0/s1. The molecule has 0 amide bonds. The number of esters is 1. The monoisotopic (exact) mass is 516 g/mol. The fourth-order valence-electron chi connectivity index (χ4n) is 5.07. The summed E-state index contributed by atoms with van der Waals surface area (Å²) in [6.07, 6.45) is 0.638. The SMILES string of the molecule is COC(=O)[C@@H]1Cc2c([nH]c3ccccc23)[C@@H](c2ccc(OC)c(CSc3nc4ccccc4s3)c2)[NH2+]1. The molecule has 3 N–H and O–H groups in total. The largest absolute Gasteiger partial charge is 0.496 e. The van der Waals surface area contributed by atoms with Crippen LogP contribution in [0, 0.1) is 0 Å². The van der Waals surface area contributed by atoms with Crippen LogP contribution in [0.25, 0.3) is 21.1 Å². The average Bonchev–Trinajstić information content (AvgIpc) is 3.51. The van der Waals surface area contributed by atoms with Crippen LogP contribution in [0.15, 0.2) is 71.1 Å². The third-order valence-corrected chi connectivity index (χ3v) is 9.03. The number of aromatic amines is 1. The number of carbonyl (C=O) groups is 1. The van der Waals surface area contributed by atoms with E-state index in [0.29, 0.717) is 6.42 Å². The van der Waals surface area contributed by atoms with Crippen molar-refractivity contribution in [2.75, 3.05) is 14.2 Å². The van der Waals surface area contributed by atoms with Gasteiger partial charge in [0.2, 0.25) is 0 Å². The molecule has 3 aromatic carbocycles. The van der Waals surface area contributed by atoms with Gasteiger partial charge in [-0.15, -0.1) is 11.3 Å². The number of nitrogens with two attached hydrogens (primary N) is 1. The number of hydrogen-bond acceptors (Lipinski definition) is 6. The highest BCUT2D eigenvalue weighted by Gasteiger charge is 2.38. The topological polar surface area (TPSA) is 80.8 Å². The van der Waals surface area contributed by atoms with Crippen molar-refractivity contribution in [3.8, 4) is 5.75 Å². The van der Waals surface area contributed by atoms with Crippen LogP contribution < -0.4 is 10.1 Å². The van der Waals surface area contributed by atoms with Crippen molar-refractivity contribution in [2.24, 2.45) is 0 Å². The zero-order valence-corrected chi connectivity index (χ0v) is 21.6. The molecule has 3 heterocycles. The van der Waals surface area contributed by atoms with Crippen LogP contribution in [0.1, 0.15) is 28.4 Å². The van der Waals surface area contributed by atoms with E-state index < -0.39 is 0 Å². The highest BCUT2D eigenvalue weighted by atomic mass is 32.2. The molecule has 0 aliphatic carbocycles. The van der Waals surface area contributed by atoms with E-state index in [1.807, 2.05) is 36.4 Å². The fraction of sp³-hybridized carbons (Fsp3) is 0.214. The smallest absolute Gasteiger partial charge is 0.364 e. The average molecular weight is 517 g/mol. The van der Waals surface area contributed by atoms with Crippen LogP contribution in [0.3, 0.4) is 0 Å². The minimum absolute atomic E-state index is 0.0534. The number of para-hydroxylation sites is 2. The molecule has 6 rings (SSSR count). The van der Waals surface area contributed by atoms with E-state index in [0.717, 1.165) is 43.7 Å². The summed E-state index contributed by atoms with van der Waals surface area (Å²) in [7, 11) is 3.16. The van der Waals surface area contributed by atoms with Gasteiger partial charge >= 0.3 is 5.97 Å². The highest BCUT2D eigenvalue weighted by Crippen LogP contribution is 2.36. The molecule has 1 aliphatic heterocycles. The third kappa shape index (κ3) is 4.15. The van der Waals surface area contributed by atoms with Gasteiger partial charge in [0, 0.05) is 34.2 Å². The van der Waals surface area contributed by atoms with Crippen molar-refractivity contribution in [1.82, 2.24) is 9.97 Å². The van der Waals surface area contributed by atoms with Gasteiger partial charge in [-0.1, -0.05) is 42.1 Å². The molecule has 6 nitrogen and oxygen atoms in total. The second-order valence-electron chi connectivity index (χ2n) is 8.87. The quantitative estimate of drug-likeness (QED) is 0.250. The number of carbonyl (C=O) groups excluding carboxylic acids is 1. The molecule has 0 bridgehead atoms. The lowest BCUT2D eigenvalue weighted by molar-refractivity contribution is -0.712. The van der Waals surface area contributed by atoms with Gasteiger partial charge in [0.15, 0.2) is 16.4 Å². The Bertz CT molecular complexity index is 1540. The molecule has 5 aromatic rings. The van der Waals surface area contributed by atoms with Crippen molar-refractivity contribution in [3.63, 3.8) is 0 Å². The number of benzene rings is 3. The summed E-state index contributed by atoms with van der Waals surface area (Å²) < 4.78 is 13.1. The summed E-state index contributed by atoms with van der Waals surface area (Å²) >= 11 is 3.43. The van der Waals surface area contributed by atoms with Crippen molar-refractivity contribution >= 4 is 50.2 Å². The lowest BCUT2D eigenvalue weighted by Crippen LogP contribution is -2.94. The summed E-state index contributed by atoms with van der Waals surface area (Å²) in [6.45, 7) is 0. The molecule has 2 atom stereocenters. The van der Waals surface area contributed by atoms with E-state index in [1.165, 1.54) is 22.8 Å². The van der Waals surface area contributed by atoms with Crippen LogP contribution in [0.4, 0.5) is 0 Å². The number of ether oxygens (including phenoxy) is 2. The van der Waals surface area contributed by atoms with Gasteiger partial charge in [-0.3, -0.25) is 0 Å². The summed E-state index contributed by atoms with van der Waals surface area (Å²) in [6, 6.07) is 22.5. The highest BCUT2D eigenvalue weighted by molar-refractivity contribution is 8.00. The number of quaternary nitrogens is 1. The fourth-order valence-corrected chi connectivity index (χ4v) is 7.12. The Morgan fingerprint density at radius 1 is 1.14 bits per heavy atom. The number of methoxy groups -OCH3 is 2. The molecule has 182 valence electrons. The number of hydrogen-bond donors (Lipinski definition) is 2. The van der Waals surface area contributed by atoms with Crippen LogP contribution in [-0.2, 0) is 21.7 Å². The number of rotatable bonds is 6. The lowest BCUT2D eigenvalue weighted by Gasteiger charge is -2.27. The first-order valence-electron chi connectivity index (χ1n) is 11.8. The molecule has 0 radical (unpaired) electrons. The van der Waals surface area contributed by atoms with Crippen molar-refractivity contribution in [1.29, 1.82) is 0 Å². The minimum Gasteiger partial charge on any atom is -0.496 e. The molecule has 0 fully saturated rings.